The van der Waals surface area contributed by atoms with Crippen LogP contribution in [0.4, 0.5) is 5.69 Å². The van der Waals surface area contributed by atoms with E-state index in [-0.39, 0.29) is 23.1 Å². The number of methoxy groups -OCH3 is 1. The van der Waals surface area contributed by atoms with Crippen molar-refractivity contribution in [2.75, 3.05) is 12.4 Å². The Morgan fingerprint density at radius 2 is 2.17 bits per heavy atom. The van der Waals surface area contributed by atoms with Gasteiger partial charge in [-0.3, -0.25) is 4.79 Å². The van der Waals surface area contributed by atoms with Gasteiger partial charge in [-0.15, -0.1) is 0 Å². The normalized spacial score (nSPS) is 14.1. The van der Waals surface area contributed by atoms with Crippen LogP contribution in [0.5, 0.6) is 5.75 Å². The molecule has 0 saturated heterocycles. The molecule has 2 aromatic rings. The third-order valence-corrected chi connectivity index (χ3v) is 7.93. The van der Waals surface area contributed by atoms with Crippen LogP contribution < -0.4 is 22.5 Å². The van der Waals surface area contributed by atoms with Crippen molar-refractivity contribution in [3.8, 4) is 16.9 Å². The van der Waals surface area contributed by atoms with Crippen LogP contribution in [0.15, 0.2) is 22.4 Å². The van der Waals surface area contributed by atoms with Gasteiger partial charge in [0.2, 0.25) is 0 Å². The van der Waals surface area contributed by atoms with Gasteiger partial charge in [-0.2, -0.15) is 0 Å². The zero-order valence-corrected chi connectivity index (χ0v) is 16.6. The van der Waals surface area contributed by atoms with E-state index in [1.807, 2.05) is 13.0 Å². The molecular weight excluding hydrogens is 370 g/mol. The minimum Gasteiger partial charge on any atom is -1.00 e. The molecule has 1 N–H and O–H groups in total. The second-order valence-electron chi connectivity index (χ2n) is 5.65. The first kappa shape index (κ1) is 18.5. The molecule has 2 heterocycles. The van der Waals surface area contributed by atoms with Gasteiger partial charge in [-0.25, -0.2) is 0 Å². The molecule has 1 aliphatic rings. The summed E-state index contributed by atoms with van der Waals surface area (Å²) in [6.07, 6.45) is 0.550. The van der Waals surface area contributed by atoms with E-state index in [1.54, 1.807) is 27.8 Å². The van der Waals surface area contributed by atoms with E-state index < -0.39 is 0 Å². The minimum atomic E-state index is -0.133. The highest BCUT2D eigenvalue weighted by Crippen LogP contribution is 2.53. The van der Waals surface area contributed by atoms with E-state index in [0.29, 0.717) is 6.42 Å². The van der Waals surface area contributed by atoms with Crippen molar-refractivity contribution in [2.45, 2.75) is 36.9 Å². The van der Waals surface area contributed by atoms with Crippen molar-refractivity contribution in [2.24, 2.45) is 0 Å². The summed E-state index contributed by atoms with van der Waals surface area (Å²) >= 11 is 1.36. The number of rotatable bonds is 3. The van der Waals surface area contributed by atoms with E-state index in [1.165, 1.54) is 22.2 Å². The maximum Gasteiger partial charge on any atom is 0.309 e. The van der Waals surface area contributed by atoms with Crippen molar-refractivity contribution in [3.05, 3.63) is 23.1 Å². The van der Waals surface area contributed by atoms with E-state index in [0.717, 1.165) is 21.2 Å². The maximum absolute atomic E-state index is 11.9. The molecule has 0 aliphatic carbocycles. The van der Waals surface area contributed by atoms with Crippen LogP contribution in [0.3, 0.4) is 0 Å². The Kier molecular flexibility index (Phi) is 5.61. The maximum atomic E-state index is 11.9. The summed E-state index contributed by atoms with van der Waals surface area (Å²) in [6, 6.07) is 6.07. The summed E-state index contributed by atoms with van der Waals surface area (Å²) in [5, 5.41) is 3.80. The molecule has 124 valence electrons. The minimum absolute atomic E-state index is 0. The van der Waals surface area contributed by atoms with Crippen LogP contribution in [0, 0.1) is 0 Å². The molecule has 0 radical (unpaired) electrons. The number of halogens is 1. The lowest BCUT2D eigenvalue weighted by molar-refractivity contribution is -0.110. The van der Waals surface area contributed by atoms with Crippen molar-refractivity contribution in [1.29, 1.82) is 0 Å². The highest BCUT2D eigenvalue weighted by molar-refractivity contribution is 8.16. The average molecular weight is 388 g/mol. The lowest BCUT2D eigenvalue weighted by Crippen LogP contribution is -3.00. The van der Waals surface area contributed by atoms with E-state index in [2.05, 4.69) is 31.3 Å². The first-order valence-electron chi connectivity index (χ1n) is 7.10. The van der Waals surface area contributed by atoms with E-state index in [9.17, 15) is 4.79 Å². The summed E-state index contributed by atoms with van der Waals surface area (Å²) < 4.78 is 6.46. The molecule has 0 amide bonds. The lowest BCUT2D eigenvalue weighted by atomic mass is 9.90. The number of carbonyl (C=O) groups is 1. The second-order valence-corrected chi connectivity index (χ2v) is 9.12. The highest BCUT2D eigenvalue weighted by atomic mass is 35.5. The molecule has 1 aliphatic heterocycles. The fourth-order valence-electron chi connectivity index (χ4n) is 2.51. The van der Waals surface area contributed by atoms with Crippen LogP contribution in [0.1, 0.15) is 32.1 Å². The molecule has 0 bridgehead atoms. The van der Waals surface area contributed by atoms with Gasteiger partial charge in [0.1, 0.15) is 10.6 Å². The Hall–Kier alpha value is -0.820. The smallest absolute Gasteiger partial charge is 0.309 e. The molecule has 0 spiro atoms. The fourth-order valence-corrected chi connectivity index (χ4v) is 6.94. The van der Waals surface area contributed by atoms with Crippen molar-refractivity contribution in [3.63, 3.8) is 0 Å². The van der Waals surface area contributed by atoms with Gasteiger partial charge >= 0.3 is 10.3 Å². The van der Waals surface area contributed by atoms with Gasteiger partial charge in [0, 0.05) is 29.4 Å². The van der Waals surface area contributed by atoms with Crippen molar-refractivity contribution < 1.29 is 21.9 Å². The molecule has 0 unspecified atom stereocenters. The SMILES string of the molecule is CCC(=O)Sc1[s+]sc2c1-c1cc(OC)ccc1NC2(C)C.[Cl-]. The third-order valence-electron chi connectivity index (χ3n) is 3.64. The summed E-state index contributed by atoms with van der Waals surface area (Å²) in [6.45, 7) is 6.26. The van der Waals surface area contributed by atoms with Crippen LogP contribution >= 0.6 is 32.4 Å². The predicted octanol–water partition coefficient (Wildman–Crippen LogP) is 2.46. The number of fused-ring (bicyclic) bond motifs is 3. The fraction of sp³-hybridized carbons (Fsp3) is 0.375. The van der Waals surface area contributed by atoms with Crippen LogP contribution in [0.2, 0.25) is 0 Å². The topological polar surface area (TPSA) is 38.3 Å². The molecule has 0 atom stereocenters. The summed E-state index contributed by atoms with van der Waals surface area (Å²) in [7, 11) is 5.12. The Bertz CT molecular complexity index is 743. The Balaban J connectivity index is 0.00000192. The van der Waals surface area contributed by atoms with E-state index >= 15 is 0 Å². The number of carbonyl (C=O) groups excluding carboxylic acids is 1. The number of anilines is 1. The second kappa shape index (κ2) is 6.97. The predicted molar refractivity (Wildman–Crippen MR) is 96.4 cm³/mol. The first-order valence-corrected chi connectivity index (χ1v) is 10.1. The molecular formula is C16H18ClNO2S3. The zero-order valence-electron chi connectivity index (χ0n) is 13.4. The van der Waals surface area contributed by atoms with Crippen LogP contribution in [-0.2, 0) is 10.3 Å². The van der Waals surface area contributed by atoms with Crippen molar-refractivity contribution >= 4 is 43.2 Å². The summed E-state index contributed by atoms with van der Waals surface area (Å²) in [4.78, 5) is 13.2. The number of hydrogen-bond acceptors (Lipinski definition) is 5. The van der Waals surface area contributed by atoms with Gasteiger partial charge in [-0.1, -0.05) is 6.92 Å². The average Bonchev–Trinajstić information content (AvgIpc) is 2.91. The molecule has 23 heavy (non-hydrogen) atoms. The Morgan fingerprint density at radius 3 is 2.83 bits per heavy atom. The number of thioether (sulfide) groups is 1. The molecule has 0 saturated carbocycles. The van der Waals surface area contributed by atoms with Gasteiger partial charge in [0.05, 0.1) is 18.2 Å². The van der Waals surface area contributed by atoms with Crippen LogP contribution in [0.25, 0.3) is 11.1 Å². The number of nitrogens with one attached hydrogen (secondary N) is 1. The third kappa shape index (κ3) is 3.36. The number of benzene rings is 1. The summed E-state index contributed by atoms with van der Waals surface area (Å²) in [5.41, 5.74) is 3.28. The Morgan fingerprint density at radius 1 is 1.43 bits per heavy atom. The van der Waals surface area contributed by atoms with Gasteiger partial charge in [0.15, 0.2) is 15.5 Å². The molecule has 1 aromatic heterocycles. The molecule has 3 nitrogen and oxygen atoms in total. The Labute approximate surface area is 154 Å². The van der Waals surface area contributed by atoms with Gasteiger partial charge in [-0.05, 0) is 32.0 Å². The summed E-state index contributed by atoms with van der Waals surface area (Å²) in [5.74, 6) is 0.833. The van der Waals surface area contributed by atoms with Crippen LogP contribution in [-0.4, -0.2) is 12.2 Å². The van der Waals surface area contributed by atoms with Gasteiger partial charge < -0.3 is 22.5 Å². The quantitative estimate of drug-likeness (QED) is 0.499. The van der Waals surface area contributed by atoms with E-state index in [4.69, 9.17) is 4.74 Å². The van der Waals surface area contributed by atoms with Gasteiger partial charge in [0.25, 0.3) is 4.21 Å². The molecule has 7 heteroatoms. The standard InChI is InChI=1S/C16H18NO2S3.ClH/c1-5-12(18)20-15-13-10-8-9(19-4)6-7-11(10)17-16(2,3)14(13)21-22-15;/h6-8,17H,5H2,1-4H3;1H/q+1;/p-1. The zero-order chi connectivity index (χ0) is 15.9. The first-order chi connectivity index (χ1) is 10.5. The highest BCUT2D eigenvalue weighted by Gasteiger charge is 2.40. The monoisotopic (exact) mass is 387 g/mol. The number of ether oxygens (including phenoxy) is 1. The molecule has 1 aromatic carbocycles. The lowest BCUT2D eigenvalue weighted by Gasteiger charge is -2.32. The largest absolute Gasteiger partial charge is 1.00 e. The number of hydrogen-bond donors (Lipinski definition) is 1. The molecule has 0 fully saturated rings. The molecule has 3 rings (SSSR count). The van der Waals surface area contributed by atoms with Crippen molar-refractivity contribution in [1.82, 2.24) is 0 Å².